The summed E-state index contributed by atoms with van der Waals surface area (Å²) < 4.78 is 22.4. The van der Waals surface area contributed by atoms with E-state index >= 15 is 0 Å². The van der Waals surface area contributed by atoms with Crippen LogP contribution in [0.4, 0.5) is 5.69 Å². The summed E-state index contributed by atoms with van der Waals surface area (Å²) in [6, 6.07) is 27.0. The number of aliphatic hydroxyl groups excluding tert-OH is 8. The molecular weight excluding hydrogens is 1110 g/mol. The lowest BCUT2D eigenvalue weighted by molar-refractivity contribution is -0.277. The zero-order chi connectivity index (χ0) is 60.3. The summed E-state index contributed by atoms with van der Waals surface area (Å²) in [7, 11) is 0. The standard InChI is InChI=1S/C59H62N6O18S/c66-21-19-64(31-50(70)71)29-44-25-39(3-1-36-7-13-46(14-8-36)80-58-56(78)54(76)52(74)48(33-68)82-58)23-42(61-44)27-63(18-17-38-5-11-41(12-6-38)60-35-84)28-43-24-40(26-45(62-43)30-65(20-22-67)32-51(72)73)4-2-37-9-15-47(16-10-37)81-59-57(79)55(77)53(75)49(34-69)83-59/h5-16,21-26,48-49,52-59,68-69,74-79H,17-20,27-34H2,(H,70,71)(H,72,73). The lowest BCUT2D eigenvalue weighted by Gasteiger charge is -2.39. The molecule has 25 heteroatoms. The maximum Gasteiger partial charge on any atom is 0.317 e. The Kier molecular flexibility index (Phi) is 23.7. The lowest BCUT2D eigenvalue weighted by atomic mass is 9.99. The number of carboxylic acids is 2. The van der Waals surface area contributed by atoms with Gasteiger partial charge in [-0.25, -0.2) is 0 Å². The number of carbonyl (C=O) groups is 4. The fourth-order valence-electron chi connectivity index (χ4n) is 9.06. The van der Waals surface area contributed by atoms with Gasteiger partial charge >= 0.3 is 11.9 Å². The molecule has 0 aliphatic carbocycles. The number of thiocarbonyl (C=S) groups is 1. The van der Waals surface area contributed by atoms with Crippen molar-refractivity contribution in [3.8, 4) is 35.2 Å². The molecule has 24 nitrogen and oxygen atoms in total. The molecule has 10 N–H and O–H groups in total. The van der Waals surface area contributed by atoms with Crippen LogP contribution < -0.4 is 9.47 Å². The number of aliphatic carboxylic acids is 2. The number of pyridine rings is 2. The van der Waals surface area contributed by atoms with E-state index in [0.717, 1.165) is 5.56 Å². The number of rotatable bonds is 26. The molecule has 3 aromatic carbocycles. The van der Waals surface area contributed by atoms with Crippen molar-refractivity contribution in [2.75, 3.05) is 45.9 Å². The minimum atomic E-state index is -1.64. The Labute approximate surface area is 487 Å². The molecule has 5 aromatic rings. The number of hydrogen-bond donors (Lipinski definition) is 10. The summed E-state index contributed by atoms with van der Waals surface area (Å²) in [6.07, 6.45) is -13.1. The molecular formula is C59H62N6O18S. The molecule has 0 bridgehead atoms. The second-order valence-corrected chi connectivity index (χ2v) is 19.8. The Morgan fingerprint density at radius 3 is 1.29 bits per heavy atom. The minimum absolute atomic E-state index is 0.0403. The number of aliphatic hydroxyl groups is 8. The highest BCUT2D eigenvalue weighted by molar-refractivity contribution is 7.78. The zero-order valence-corrected chi connectivity index (χ0v) is 45.8. The Bertz CT molecular complexity index is 3040. The fourth-order valence-corrected chi connectivity index (χ4v) is 9.16. The van der Waals surface area contributed by atoms with Crippen LogP contribution in [-0.4, -0.2) is 213 Å². The van der Waals surface area contributed by atoms with Gasteiger partial charge in [0.25, 0.3) is 0 Å². The number of hydrogen-bond acceptors (Lipinski definition) is 23. The first-order valence-corrected chi connectivity index (χ1v) is 26.7. The third-order valence-electron chi connectivity index (χ3n) is 13.2. The lowest BCUT2D eigenvalue weighted by Crippen LogP contribution is -2.60. The highest BCUT2D eigenvalue weighted by Crippen LogP contribution is 2.27. The monoisotopic (exact) mass is 1170 g/mol. The minimum Gasteiger partial charge on any atom is -0.480 e. The van der Waals surface area contributed by atoms with E-state index in [2.05, 4.69) is 38.7 Å². The van der Waals surface area contributed by atoms with Crippen LogP contribution in [-0.2, 0) is 61.3 Å². The fraction of sp³-hybridized carbons (Fsp3) is 0.373. The largest absolute Gasteiger partial charge is 0.480 e. The number of aldehydes is 2. The van der Waals surface area contributed by atoms with E-state index in [9.17, 15) is 70.2 Å². The normalized spacial score (nSPS) is 22.0. The van der Waals surface area contributed by atoms with Gasteiger partial charge in [0.1, 0.15) is 72.9 Å². The van der Waals surface area contributed by atoms with E-state index in [4.69, 9.17) is 41.1 Å². The van der Waals surface area contributed by atoms with Crippen LogP contribution in [0.1, 0.15) is 50.6 Å². The van der Waals surface area contributed by atoms with Crippen molar-refractivity contribution in [1.82, 2.24) is 24.7 Å². The van der Waals surface area contributed by atoms with Crippen LogP contribution >= 0.6 is 12.2 Å². The Hall–Kier alpha value is -7.76. The van der Waals surface area contributed by atoms with Gasteiger partial charge in [0.05, 0.1) is 73.0 Å². The van der Waals surface area contributed by atoms with Gasteiger partial charge in [-0.05, 0) is 109 Å². The average molecular weight is 1180 g/mol. The van der Waals surface area contributed by atoms with Crippen molar-refractivity contribution in [2.45, 2.75) is 94.0 Å². The van der Waals surface area contributed by atoms with E-state index in [1.165, 1.54) is 9.80 Å². The van der Waals surface area contributed by atoms with E-state index < -0.39 is 99.7 Å². The molecule has 0 amide bonds. The SMILES string of the molecule is O=CCN(CC(=O)O)Cc1cc(C#Cc2ccc(OC3OC(CO)C(O)C(O)C3O)cc2)cc(CN(CCc2ccc(N=C=S)cc2)Cc2cc(C#Cc3ccc(OC4OC(CO)C(O)C(O)C4O)cc3)cc(CN(CC=O)CC(=O)O)n2)n1. The van der Waals surface area contributed by atoms with Crippen LogP contribution in [0.3, 0.4) is 0 Å². The summed E-state index contributed by atoms with van der Waals surface area (Å²) >= 11 is 4.79. The van der Waals surface area contributed by atoms with E-state index in [1.807, 2.05) is 12.1 Å². The first-order valence-electron chi connectivity index (χ1n) is 26.3. The summed E-state index contributed by atoms with van der Waals surface area (Å²) in [6.45, 7) is -1.94. The van der Waals surface area contributed by atoms with Gasteiger partial charge in [-0.1, -0.05) is 35.8 Å². The van der Waals surface area contributed by atoms with Crippen LogP contribution in [0, 0.1) is 23.7 Å². The summed E-state index contributed by atoms with van der Waals surface area (Å²) in [5.41, 5.74) is 5.35. The molecule has 2 aromatic heterocycles. The van der Waals surface area contributed by atoms with Crippen LogP contribution in [0.5, 0.6) is 11.5 Å². The second kappa shape index (κ2) is 31.2. The molecule has 84 heavy (non-hydrogen) atoms. The third kappa shape index (κ3) is 18.6. The molecule has 2 aliphatic rings. The molecule has 0 radical (unpaired) electrons. The predicted molar refractivity (Wildman–Crippen MR) is 299 cm³/mol. The molecule has 10 atom stereocenters. The van der Waals surface area contributed by atoms with Crippen molar-refractivity contribution in [3.05, 3.63) is 148 Å². The summed E-state index contributed by atoms with van der Waals surface area (Å²) in [5, 5.41) is 103. The Morgan fingerprint density at radius 1 is 0.548 bits per heavy atom. The Morgan fingerprint density at radius 2 is 0.929 bits per heavy atom. The van der Waals surface area contributed by atoms with Crippen molar-refractivity contribution in [1.29, 1.82) is 0 Å². The molecule has 0 spiro atoms. The first kappa shape index (κ1) is 63.8. The molecule has 10 unspecified atom stereocenters. The second-order valence-electron chi connectivity index (χ2n) is 19.6. The average Bonchev–Trinajstić information content (AvgIpc) is 3.61. The zero-order valence-electron chi connectivity index (χ0n) is 45.0. The van der Waals surface area contributed by atoms with E-state index in [-0.39, 0.29) is 50.8 Å². The van der Waals surface area contributed by atoms with Crippen molar-refractivity contribution in [2.24, 2.45) is 4.99 Å². The number of benzene rings is 3. The van der Waals surface area contributed by atoms with Gasteiger partial charge in [-0.2, -0.15) is 4.99 Å². The van der Waals surface area contributed by atoms with E-state index in [0.29, 0.717) is 76.3 Å². The predicted octanol–water partition coefficient (Wildman–Crippen LogP) is -0.216. The number of carboxylic acid groups (broad SMARTS) is 2. The number of aromatic nitrogens is 2. The number of carbonyl (C=O) groups excluding carboxylic acids is 2. The summed E-state index contributed by atoms with van der Waals surface area (Å²) in [4.78, 5) is 66.0. The number of isothiocyanates is 1. The molecule has 7 rings (SSSR count). The summed E-state index contributed by atoms with van der Waals surface area (Å²) in [5.74, 6) is 10.6. The molecule has 2 saturated heterocycles. The van der Waals surface area contributed by atoms with Gasteiger partial charge in [-0.15, -0.1) is 0 Å². The van der Waals surface area contributed by atoms with E-state index in [1.54, 1.807) is 84.9 Å². The highest BCUT2D eigenvalue weighted by Gasteiger charge is 2.46. The van der Waals surface area contributed by atoms with Gasteiger partial charge < -0.3 is 79.6 Å². The topological polar surface area (TPSA) is 355 Å². The van der Waals surface area contributed by atoms with Crippen molar-refractivity contribution in [3.63, 3.8) is 0 Å². The van der Waals surface area contributed by atoms with Gasteiger partial charge in [0.2, 0.25) is 12.6 Å². The molecule has 4 heterocycles. The smallest absolute Gasteiger partial charge is 0.317 e. The molecule has 0 saturated carbocycles. The maximum absolute atomic E-state index is 11.9. The van der Waals surface area contributed by atoms with Gasteiger partial charge in [0, 0.05) is 55.0 Å². The van der Waals surface area contributed by atoms with Crippen molar-refractivity contribution < 1.29 is 89.2 Å². The van der Waals surface area contributed by atoms with Crippen LogP contribution in [0.25, 0.3) is 0 Å². The number of nitrogens with zero attached hydrogens (tertiary/aromatic N) is 6. The Balaban J connectivity index is 1.21. The quantitative estimate of drug-likeness (QED) is 0.0148. The molecule has 2 aliphatic heterocycles. The van der Waals surface area contributed by atoms with Crippen LogP contribution in [0.15, 0.2) is 102 Å². The molecule has 2 fully saturated rings. The number of ether oxygens (including phenoxy) is 4. The third-order valence-corrected chi connectivity index (χ3v) is 13.3. The van der Waals surface area contributed by atoms with Gasteiger partial charge in [0.15, 0.2) is 0 Å². The van der Waals surface area contributed by atoms with Crippen molar-refractivity contribution >= 4 is 47.6 Å². The molecule has 442 valence electrons. The van der Waals surface area contributed by atoms with Crippen LogP contribution in [0.2, 0.25) is 0 Å². The number of aliphatic imine (C=N–C) groups is 1. The first-order chi connectivity index (χ1) is 40.4. The van der Waals surface area contributed by atoms with Gasteiger partial charge in [-0.3, -0.25) is 34.3 Å². The maximum atomic E-state index is 11.9. The highest BCUT2D eigenvalue weighted by atomic mass is 32.1.